The molecule has 1 aromatic rings. The van der Waals surface area contributed by atoms with Crippen LogP contribution in [0, 0.1) is 5.92 Å². The van der Waals surface area contributed by atoms with Gasteiger partial charge in [-0.25, -0.2) is 0 Å². The Morgan fingerprint density at radius 3 is 2.88 bits per heavy atom. The Labute approximate surface area is 92.2 Å². The number of carboxylic acids is 1. The van der Waals surface area contributed by atoms with Gasteiger partial charge in [-0.15, -0.1) is 0 Å². The third kappa shape index (κ3) is 3.34. The monoisotopic (exact) mass is 226 g/mol. The molecule has 1 atom stereocenters. The number of H-pyrrole nitrogens is 1. The van der Waals surface area contributed by atoms with E-state index in [9.17, 15) is 9.59 Å². The maximum atomic E-state index is 11.4. The minimum atomic E-state index is -0.901. The number of hydrogen-bond donors (Lipinski definition) is 3. The van der Waals surface area contributed by atoms with Crippen LogP contribution in [0.15, 0.2) is 6.20 Å². The van der Waals surface area contributed by atoms with Crippen LogP contribution < -0.4 is 5.32 Å². The van der Waals surface area contributed by atoms with E-state index in [1.807, 2.05) is 6.92 Å². The third-order valence-electron chi connectivity index (χ3n) is 2.14. The molecule has 0 aromatic carbocycles. The van der Waals surface area contributed by atoms with Gasteiger partial charge in [-0.3, -0.25) is 9.59 Å². The first-order chi connectivity index (χ1) is 7.65. The van der Waals surface area contributed by atoms with Gasteiger partial charge in [0.25, 0.3) is 5.91 Å². The van der Waals surface area contributed by atoms with Crippen molar-refractivity contribution in [1.82, 2.24) is 20.7 Å². The molecule has 0 aliphatic rings. The number of aromatic nitrogens is 3. The highest BCUT2D eigenvalue weighted by molar-refractivity contribution is 5.92. The fourth-order valence-corrected chi connectivity index (χ4v) is 1.28. The molecule has 16 heavy (non-hydrogen) atoms. The van der Waals surface area contributed by atoms with E-state index in [1.54, 1.807) is 0 Å². The first kappa shape index (κ1) is 12.2. The molecular weight excluding hydrogens is 212 g/mol. The number of nitrogens with zero attached hydrogens (tertiary/aromatic N) is 2. The Balaban J connectivity index is 2.43. The summed E-state index contributed by atoms with van der Waals surface area (Å²) < 4.78 is 0. The minimum absolute atomic E-state index is 0.106. The van der Waals surface area contributed by atoms with Crippen molar-refractivity contribution in [2.45, 2.75) is 19.8 Å². The fraction of sp³-hybridized carbons (Fsp3) is 0.556. The summed E-state index contributed by atoms with van der Waals surface area (Å²) in [7, 11) is 0. The molecule has 0 saturated carbocycles. The van der Waals surface area contributed by atoms with Gasteiger partial charge in [0, 0.05) is 6.54 Å². The molecule has 1 amide bonds. The predicted molar refractivity (Wildman–Crippen MR) is 54.7 cm³/mol. The molecule has 88 valence electrons. The molecule has 0 aliphatic carbocycles. The van der Waals surface area contributed by atoms with E-state index in [0.717, 1.165) is 6.42 Å². The molecule has 1 rings (SSSR count). The van der Waals surface area contributed by atoms with Crippen molar-refractivity contribution in [3.8, 4) is 0 Å². The van der Waals surface area contributed by atoms with Gasteiger partial charge in [0.15, 0.2) is 5.69 Å². The molecule has 7 nitrogen and oxygen atoms in total. The molecule has 0 bridgehead atoms. The van der Waals surface area contributed by atoms with Gasteiger partial charge < -0.3 is 10.4 Å². The normalized spacial score (nSPS) is 12.1. The largest absolute Gasteiger partial charge is 0.481 e. The third-order valence-corrected chi connectivity index (χ3v) is 2.14. The van der Waals surface area contributed by atoms with Crippen molar-refractivity contribution < 1.29 is 14.7 Å². The molecule has 0 radical (unpaired) electrons. The lowest BCUT2D eigenvalue weighted by atomic mass is 10.0. The molecule has 1 heterocycles. The average Bonchev–Trinajstić information content (AvgIpc) is 2.76. The number of rotatable bonds is 6. The second kappa shape index (κ2) is 5.84. The Bertz CT molecular complexity index is 350. The highest BCUT2D eigenvalue weighted by Gasteiger charge is 2.18. The van der Waals surface area contributed by atoms with Crippen LogP contribution >= 0.6 is 0 Å². The number of aromatic amines is 1. The van der Waals surface area contributed by atoms with Crippen molar-refractivity contribution in [3.63, 3.8) is 0 Å². The Morgan fingerprint density at radius 2 is 2.38 bits per heavy atom. The van der Waals surface area contributed by atoms with Gasteiger partial charge in [0.05, 0.1) is 12.1 Å². The zero-order chi connectivity index (χ0) is 12.0. The van der Waals surface area contributed by atoms with Gasteiger partial charge in [-0.1, -0.05) is 13.3 Å². The Kier molecular flexibility index (Phi) is 4.43. The smallest absolute Gasteiger partial charge is 0.308 e. The Hall–Kier alpha value is -1.92. The summed E-state index contributed by atoms with van der Waals surface area (Å²) in [6, 6.07) is 0. The number of carbonyl (C=O) groups is 2. The summed E-state index contributed by atoms with van der Waals surface area (Å²) in [6.07, 6.45) is 2.58. The highest BCUT2D eigenvalue weighted by Crippen LogP contribution is 2.05. The summed E-state index contributed by atoms with van der Waals surface area (Å²) in [5.41, 5.74) is 0.153. The zero-order valence-corrected chi connectivity index (χ0v) is 8.93. The quantitative estimate of drug-likeness (QED) is 0.634. The first-order valence-electron chi connectivity index (χ1n) is 5.02. The van der Waals surface area contributed by atoms with Crippen LogP contribution in [-0.4, -0.2) is 38.9 Å². The van der Waals surface area contributed by atoms with Crippen molar-refractivity contribution in [3.05, 3.63) is 11.9 Å². The van der Waals surface area contributed by atoms with Crippen LogP contribution in [-0.2, 0) is 4.79 Å². The molecule has 1 unspecified atom stereocenters. The predicted octanol–water partition coefficient (Wildman–Crippen LogP) is 0.0354. The van der Waals surface area contributed by atoms with Gasteiger partial charge in [0.1, 0.15) is 0 Å². The van der Waals surface area contributed by atoms with Crippen molar-refractivity contribution in [1.29, 1.82) is 0 Å². The molecule has 0 fully saturated rings. The van der Waals surface area contributed by atoms with Crippen LogP contribution in [0.5, 0.6) is 0 Å². The van der Waals surface area contributed by atoms with E-state index in [0.29, 0.717) is 6.42 Å². The van der Waals surface area contributed by atoms with E-state index >= 15 is 0 Å². The maximum Gasteiger partial charge on any atom is 0.308 e. The summed E-state index contributed by atoms with van der Waals surface area (Å²) in [5, 5.41) is 20.8. The fourth-order valence-electron chi connectivity index (χ4n) is 1.28. The lowest BCUT2D eigenvalue weighted by molar-refractivity contribution is -0.141. The van der Waals surface area contributed by atoms with E-state index < -0.39 is 17.8 Å². The summed E-state index contributed by atoms with van der Waals surface area (Å²) in [5.74, 6) is -1.88. The molecular formula is C9H14N4O3. The molecule has 7 heteroatoms. The van der Waals surface area contributed by atoms with Crippen LogP contribution in [0.4, 0.5) is 0 Å². The standard InChI is InChI=1S/C9H14N4O3/c1-2-3-6(9(15)16)4-10-8(14)7-5-11-13-12-7/h5-6H,2-4H2,1H3,(H,10,14)(H,15,16)(H,11,12,13). The zero-order valence-electron chi connectivity index (χ0n) is 8.93. The lowest BCUT2D eigenvalue weighted by Gasteiger charge is -2.11. The molecule has 0 aliphatic heterocycles. The van der Waals surface area contributed by atoms with Gasteiger partial charge in [-0.05, 0) is 6.42 Å². The van der Waals surface area contributed by atoms with E-state index in [2.05, 4.69) is 20.7 Å². The number of hydrogen-bond acceptors (Lipinski definition) is 4. The van der Waals surface area contributed by atoms with Crippen LogP contribution in [0.1, 0.15) is 30.3 Å². The topological polar surface area (TPSA) is 108 Å². The van der Waals surface area contributed by atoms with Gasteiger partial charge >= 0.3 is 5.97 Å². The first-order valence-corrected chi connectivity index (χ1v) is 5.02. The van der Waals surface area contributed by atoms with Gasteiger partial charge in [-0.2, -0.15) is 15.4 Å². The van der Waals surface area contributed by atoms with Crippen molar-refractivity contribution >= 4 is 11.9 Å². The van der Waals surface area contributed by atoms with E-state index in [-0.39, 0.29) is 12.2 Å². The number of carboxylic acid groups (broad SMARTS) is 1. The van der Waals surface area contributed by atoms with Crippen molar-refractivity contribution in [2.75, 3.05) is 6.54 Å². The highest BCUT2D eigenvalue weighted by atomic mass is 16.4. The number of amides is 1. The average molecular weight is 226 g/mol. The molecule has 3 N–H and O–H groups in total. The number of carbonyl (C=O) groups excluding carboxylic acids is 1. The lowest BCUT2D eigenvalue weighted by Crippen LogP contribution is -2.33. The minimum Gasteiger partial charge on any atom is -0.481 e. The van der Waals surface area contributed by atoms with Crippen LogP contribution in [0.2, 0.25) is 0 Å². The number of nitrogens with one attached hydrogen (secondary N) is 2. The van der Waals surface area contributed by atoms with Gasteiger partial charge in [0.2, 0.25) is 0 Å². The van der Waals surface area contributed by atoms with E-state index in [1.165, 1.54) is 6.20 Å². The van der Waals surface area contributed by atoms with Crippen molar-refractivity contribution in [2.24, 2.45) is 5.92 Å². The maximum absolute atomic E-state index is 11.4. The summed E-state index contributed by atoms with van der Waals surface area (Å²) in [4.78, 5) is 22.2. The molecule has 0 spiro atoms. The Morgan fingerprint density at radius 1 is 1.62 bits per heavy atom. The van der Waals surface area contributed by atoms with Crippen LogP contribution in [0.3, 0.4) is 0 Å². The summed E-state index contributed by atoms with van der Waals surface area (Å²) >= 11 is 0. The summed E-state index contributed by atoms with van der Waals surface area (Å²) in [6.45, 7) is 2.00. The van der Waals surface area contributed by atoms with Crippen LogP contribution in [0.25, 0.3) is 0 Å². The molecule has 1 aromatic heterocycles. The second-order valence-corrected chi connectivity index (χ2v) is 3.39. The molecule has 0 saturated heterocycles. The SMILES string of the molecule is CCCC(CNC(=O)c1cn[nH]n1)C(=O)O. The second-order valence-electron chi connectivity index (χ2n) is 3.39. The van der Waals surface area contributed by atoms with E-state index in [4.69, 9.17) is 5.11 Å². The number of aliphatic carboxylic acids is 1.